The Morgan fingerprint density at radius 3 is 2.40 bits per heavy atom. The van der Waals surface area contributed by atoms with E-state index in [4.69, 9.17) is 9.47 Å². The van der Waals surface area contributed by atoms with Crippen LogP contribution in [0.4, 0.5) is 0 Å². The molecule has 0 saturated heterocycles. The van der Waals surface area contributed by atoms with Crippen molar-refractivity contribution in [1.82, 2.24) is 9.97 Å². The van der Waals surface area contributed by atoms with E-state index in [0.29, 0.717) is 11.1 Å². The van der Waals surface area contributed by atoms with Gasteiger partial charge >= 0.3 is 11.9 Å². The van der Waals surface area contributed by atoms with E-state index in [-0.39, 0.29) is 11.9 Å². The third kappa shape index (κ3) is 4.41. The molecule has 0 fully saturated rings. The van der Waals surface area contributed by atoms with Crippen LogP contribution < -0.4 is 0 Å². The van der Waals surface area contributed by atoms with Crippen LogP contribution in [0.3, 0.4) is 0 Å². The second-order valence-electron chi connectivity index (χ2n) is 5.91. The molecule has 0 bridgehead atoms. The van der Waals surface area contributed by atoms with Gasteiger partial charge in [0.15, 0.2) is 0 Å². The molecule has 6 nitrogen and oxygen atoms in total. The van der Waals surface area contributed by atoms with Gasteiger partial charge in [-0.25, -0.2) is 9.59 Å². The highest BCUT2D eigenvalue weighted by Crippen LogP contribution is 2.26. The van der Waals surface area contributed by atoms with Gasteiger partial charge in [0.1, 0.15) is 0 Å². The third-order valence-corrected chi connectivity index (χ3v) is 4.27. The van der Waals surface area contributed by atoms with Gasteiger partial charge in [0.2, 0.25) is 0 Å². The fraction of sp³-hybridized carbons (Fsp3) is 0.368. The fourth-order valence-corrected chi connectivity index (χ4v) is 2.75. The molecule has 1 atom stereocenters. The molecule has 0 unspecified atom stereocenters. The summed E-state index contributed by atoms with van der Waals surface area (Å²) in [6, 6.07) is 1.79. The molecule has 0 radical (unpaired) electrons. The van der Waals surface area contributed by atoms with E-state index in [1.165, 1.54) is 26.6 Å². The average Bonchev–Trinajstić information content (AvgIpc) is 2.65. The molecule has 0 N–H and O–H groups in total. The van der Waals surface area contributed by atoms with Crippen molar-refractivity contribution in [3.05, 3.63) is 58.7 Å². The first-order valence-electron chi connectivity index (χ1n) is 8.03. The first-order valence-corrected chi connectivity index (χ1v) is 8.03. The Bertz CT molecular complexity index is 774. The number of carbonyl (C=O) groups is 2. The van der Waals surface area contributed by atoms with Gasteiger partial charge in [-0.1, -0.05) is 6.92 Å². The number of hydrogen-bond acceptors (Lipinski definition) is 6. The van der Waals surface area contributed by atoms with Crippen LogP contribution >= 0.6 is 0 Å². The SMILES string of the molecule is COC(=O)c1cncc(CC[C@H](C)c2cncc(C(=O)OC)c2C)c1. The van der Waals surface area contributed by atoms with Gasteiger partial charge in [0, 0.05) is 24.8 Å². The molecule has 25 heavy (non-hydrogen) atoms. The highest BCUT2D eigenvalue weighted by molar-refractivity contribution is 5.91. The van der Waals surface area contributed by atoms with Crippen LogP contribution in [0, 0.1) is 6.92 Å². The van der Waals surface area contributed by atoms with Crippen molar-refractivity contribution in [3.8, 4) is 0 Å². The maximum Gasteiger partial charge on any atom is 0.339 e. The van der Waals surface area contributed by atoms with E-state index in [0.717, 1.165) is 29.5 Å². The minimum Gasteiger partial charge on any atom is -0.465 e. The zero-order valence-electron chi connectivity index (χ0n) is 14.9. The summed E-state index contributed by atoms with van der Waals surface area (Å²) in [6.45, 7) is 3.99. The maximum absolute atomic E-state index is 11.8. The van der Waals surface area contributed by atoms with Crippen LogP contribution in [-0.4, -0.2) is 36.1 Å². The lowest BCUT2D eigenvalue weighted by Crippen LogP contribution is -2.09. The minimum absolute atomic E-state index is 0.193. The van der Waals surface area contributed by atoms with Crippen LogP contribution in [0.1, 0.15) is 56.7 Å². The normalized spacial score (nSPS) is 11.7. The van der Waals surface area contributed by atoms with E-state index in [2.05, 4.69) is 16.9 Å². The Morgan fingerprint density at radius 1 is 1.04 bits per heavy atom. The number of methoxy groups -OCH3 is 2. The molecule has 0 aromatic carbocycles. The standard InChI is InChI=1S/C19H22N2O4/c1-12(16-10-21-11-17(13(16)2)19(23)25-4)5-6-14-7-15(9-20-8-14)18(22)24-3/h7-12H,5-6H2,1-4H3/t12-/m0/s1. The second kappa shape index (κ2) is 8.37. The van der Waals surface area contributed by atoms with Crippen molar-refractivity contribution in [2.24, 2.45) is 0 Å². The number of nitrogens with zero attached hydrogens (tertiary/aromatic N) is 2. The van der Waals surface area contributed by atoms with Gasteiger partial charge in [0.05, 0.1) is 25.3 Å². The predicted octanol–water partition coefficient (Wildman–Crippen LogP) is 3.09. The van der Waals surface area contributed by atoms with Crippen molar-refractivity contribution in [2.75, 3.05) is 14.2 Å². The lowest BCUT2D eigenvalue weighted by molar-refractivity contribution is 0.0590. The number of pyridine rings is 2. The van der Waals surface area contributed by atoms with Crippen molar-refractivity contribution >= 4 is 11.9 Å². The van der Waals surface area contributed by atoms with E-state index in [1.54, 1.807) is 18.5 Å². The molecular weight excluding hydrogens is 320 g/mol. The van der Waals surface area contributed by atoms with Gasteiger partial charge in [0.25, 0.3) is 0 Å². The lowest BCUT2D eigenvalue weighted by Gasteiger charge is -2.16. The number of esters is 2. The van der Waals surface area contributed by atoms with Gasteiger partial charge in [-0.3, -0.25) is 9.97 Å². The van der Waals surface area contributed by atoms with Gasteiger partial charge < -0.3 is 9.47 Å². The summed E-state index contributed by atoms with van der Waals surface area (Å²) in [5, 5.41) is 0. The summed E-state index contributed by atoms with van der Waals surface area (Å²) in [6.07, 6.45) is 8.14. The molecule has 0 saturated carbocycles. The molecular formula is C19H22N2O4. The summed E-state index contributed by atoms with van der Waals surface area (Å²) >= 11 is 0. The summed E-state index contributed by atoms with van der Waals surface area (Å²) < 4.78 is 9.51. The molecule has 2 rings (SSSR count). The molecule has 2 heterocycles. The number of aromatic nitrogens is 2. The average molecular weight is 342 g/mol. The molecule has 0 spiro atoms. The van der Waals surface area contributed by atoms with Gasteiger partial charge in [-0.05, 0) is 48.4 Å². The largest absolute Gasteiger partial charge is 0.465 e. The van der Waals surface area contributed by atoms with Crippen molar-refractivity contribution in [3.63, 3.8) is 0 Å². The Balaban J connectivity index is 2.12. The smallest absolute Gasteiger partial charge is 0.339 e. The lowest BCUT2D eigenvalue weighted by atomic mass is 9.91. The zero-order valence-corrected chi connectivity index (χ0v) is 14.9. The van der Waals surface area contributed by atoms with Crippen molar-refractivity contribution in [1.29, 1.82) is 0 Å². The zero-order chi connectivity index (χ0) is 18.4. The molecule has 6 heteroatoms. The first-order chi connectivity index (χ1) is 12.0. The Kier molecular flexibility index (Phi) is 6.22. The molecule has 0 amide bonds. The van der Waals surface area contributed by atoms with E-state index >= 15 is 0 Å². The van der Waals surface area contributed by atoms with Crippen LogP contribution in [0.25, 0.3) is 0 Å². The monoisotopic (exact) mass is 342 g/mol. The van der Waals surface area contributed by atoms with Crippen LogP contribution in [0.2, 0.25) is 0 Å². The molecule has 0 aliphatic rings. The molecule has 0 aliphatic heterocycles. The van der Waals surface area contributed by atoms with E-state index in [1.807, 2.05) is 6.92 Å². The number of rotatable bonds is 6. The fourth-order valence-electron chi connectivity index (χ4n) is 2.75. The third-order valence-electron chi connectivity index (χ3n) is 4.27. The van der Waals surface area contributed by atoms with E-state index < -0.39 is 5.97 Å². The number of carbonyl (C=O) groups excluding carboxylic acids is 2. The van der Waals surface area contributed by atoms with Gasteiger partial charge in [-0.2, -0.15) is 0 Å². The van der Waals surface area contributed by atoms with Gasteiger partial charge in [-0.15, -0.1) is 0 Å². The van der Waals surface area contributed by atoms with Crippen LogP contribution in [-0.2, 0) is 15.9 Å². The Hall–Kier alpha value is -2.76. The minimum atomic E-state index is -0.395. The predicted molar refractivity (Wildman–Crippen MR) is 92.6 cm³/mol. The molecule has 2 aromatic heterocycles. The highest BCUT2D eigenvalue weighted by atomic mass is 16.5. The number of aryl methyl sites for hydroxylation is 1. The Morgan fingerprint density at radius 2 is 1.72 bits per heavy atom. The summed E-state index contributed by atoms with van der Waals surface area (Å²) in [5.74, 6) is -0.582. The van der Waals surface area contributed by atoms with Crippen molar-refractivity contribution in [2.45, 2.75) is 32.6 Å². The first kappa shape index (κ1) is 18.6. The highest BCUT2D eigenvalue weighted by Gasteiger charge is 2.17. The van der Waals surface area contributed by atoms with Crippen LogP contribution in [0.15, 0.2) is 30.9 Å². The summed E-state index contributed by atoms with van der Waals surface area (Å²) in [7, 11) is 2.71. The topological polar surface area (TPSA) is 78.4 Å². The quantitative estimate of drug-likeness (QED) is 0.751. The number of ether oxygens (including phenoxy) is 2. The summed E-state index contributed by atoms with van der Waals surface area (Å²) in [4.78, 5) is 31.6. The summed E-state index contributed by atoms with van der Waals surface area (Å²) in [5.41, 5.74) is 3.79. The maximum atomic E-state index is 11.8. The van der Waals surface area contributed by atoms with Crippen LogP contribution in [0.5, 0.6) is 0 Å². The van der Waals surface area contributed by atoms with E-state index in [9.17, 15) is 9.59 Å². The number of hydrogen-bond donors (Lipinski definition) is 0. The molecule has 132 valence electrons. The molecule has 0 aliphatic carbocycles. The Labute approximate surface area is 147 Å². The van der Waals surface area contributed by atoms with Crippen molar-refractivity contribution < 1.29 is 19.1 Å². The molecule has 2 aromatic rings. The second-order valence-corrected chi connectivity index (χ2v) is 5.91.